The number of aliphatic hydroxyl groups is 1. The fourth-order valence-electron chi connectivity index (χ4n) is 4.49. The molecule has 4 rings (SSSR count). The van der Waals surface area contributed by atoms with Crippen molar-refractivity contribution in [2.75, 3.05) is 20.3 Å². The van der Waals surface area contributed by atoms with Gasteiger partial charge in [-0.15, -0.1) is 0 Å². The number of nitrogens with zero attached hydrogens (tertiary/aromatic N) is 1. The first-order valence-electron chi connectivity index (χ1n) is 10.0. The molecule has 1 spiro atoms. The Morgan fingerprint density at radius 2 is 2.00 bits per heavy atom. The fourth-order valence-corrected chi connectivity index (χ4v) is 4.49. The van der Waals surface area contributed by atoms with Gasteiger partial charge in [-0.05, 0) is 43.7 Å². The highest BCUT2D eigenvalue weighted by Gasteiger charge is 2.41. The average Bonchev–Trinajstić information content (AvgIpc) is 2.86. The first-order valence-corrected chi connectivity index (χ1v) is 10.0. The van der Waals surface area contributed by atoms with Crippen molar-refractivity contribution < 1.29 is 19.0 Å². The molecular formula is C23H28FNO3. The molecule has 28 heavy (non-hydrogen) atoms. The SMILES string of the molecule is COc1ccc(CN2Cc3ccccc3OC3(CCC(CO)CC3)C2)c(F)c1. The van der Waals surface area contributed by atoms with Crippen molar-refractivity contribution in [3.8, 4) is 11.5 Å². The normalized spacial score (nSPS) is 25.0. The molecule has 4 nitrogen and oxygen atoms in total. The second-order valence-electron chi connectivity index (χ2n) is 8.12. The Labute approximate surface area is 165 Å². The second-order valence-corrected chi connectivity index (χ2v) is 8.12. The summed E-state index contributed by atoms with van der Waals surface area (Å²) in [7, 11) is 1.55. The minimum Gasteiger partial charge on any atom is -0.497 e. The van der Waals surface area contributed by atoms with E-state index in [-0.39, 0.29) is 18.0 Å². The largest absolute Gasteiger partial charge is 0.497 e. The summed E-state index contributed by atoms with van der Waals surface area (Å²) in [6.45, 7) is 2.25. The number of ether oxygens (including phenoxy) is 2. The zero-order valence-corrected chi connectivity index (χ0v) is 16.4. The topological polar surface area (TPSA) is 41.9 Å². The Morgan fingerprint density at radius 1 is 1.21 bits per heavy atom. The molecule has 1 saturated carbocycles. The third-order valence-electron chi connectivity index (χ3n) is 6.13. The van der Waals surface area contributed by atoms with Crippen LogP contribution in [-0.4, -0.2) is 35.9 Å². The molecule has 0 radical (unpaired) electrons. The van der Waals surface area contributed by atoms with Gasteiger partial charge in [-0.2, -0.15) is 0 Å². The molecule has 1 heterocycles. The standard InChI is InChI=1S/C23H28FNO3/c1-27-20-7-6-18(21(24)12-20)13-25-14-19-4-2-3-5-22(19)28-23(16-25)10-8-17(15-26)9-11-23/h2-7,12,17,26H,8-11,13-16H2,1H3. The lowest BCUT2D eigenvalue weighted by atomic mass is 9.78. The number of rotatable bonds is 4. The van der Waals surface area contributed by atoms with Crippen molar-refractivity contribution in [2.45, 2.75) is 44.4 Å². The van der Waals surface area contributed by atoms with Crippen LogP contribution in [-0.2, 0) is 13.1 Å². The smallest absolute Gasteiger partial charge is 0.131 e. The number of hydrogen-bond donors (Lipinski definition) is 1. The summed E-state index contributed by atoms with van der Waals surface area (Å²) in [5.74, 6) is 1.59. The molecule has 0 aromatic heterocycles. The van der Waals surface area contributed by atoms with Crippen LogP contribution in [0.15, 0.2) is 42.5 Å². The highest BCUT2D eigenvalue weighted by atomic mass is 19.1. The van der Waals surface area contributed by atoms with Crippen molar-refractivity contribution in [1.82, 2.24) is 4.90 Å². The van der Waals surface area contributed by atoms with Crippen LogP contribution in [0.25, 0.3) is 0 Å². The summed E-state index contributed by atoms with van der Waals surface area (Å²) in [6.07, 6.45) is 3.75. The van der Waals surface area contributed by atoms with Crippen LogP contribution in [0.4, 0.5) is 4.39 Å². The maximum absolute atomic E-state index is 14.6. The average molecular weight is 385 g/mol. The fraction of sp³-hybridized carbons (Fsp3) is 0.478. The van der Waals surface area contributed by atoms with Gasteiger partial charge in [0, 0.05) is 43.4 Å². The van der Waals surface area contributed by atoms with Crippen molar-refractivity contribution in [3.05, 3.63) is 59.4 Å². The maximum Gasteiger partial charge on any atom is 0.131 e. The molecule has 1 fully saturated rings. The Bertz CT molecular complexity index is 817. The van der Waals surface area contributed by atoms with Gasteiger partial charge in [0.2, 0.25) is 0 Å². The molecule has 5 heteroatoms. The number of halogens is 1. The van der Waals surface area contributed by atoms with Gasteiger partial charge in [0.05, 0.1) is 7.11 Å². The molecule has 1 aliphatic carbocycles. The Morgan fingerprint density at radius 3 is 2.71 bits per heavy atom. The highest BCUT2D eigenvalue weighted by Crippen LogP contribution is 2.40. The van der Waals surface area contributed by atoms with E-state index in [1.807, 2.05) is 24.3 Å². The number of aliphatic hydroxyl groups excluding tert-OH is 1. The number of benzene rings is 2. The summed E-state index contributed by atoms with van der Waals surface area (Å²) < 4.78 is 26.3. The first kappa shape index (κ1) is 19.2. The minimum absolute atomic E-state index is 0.240. The van der Waals surface area contributed by atoms with Gasteiger partial charge >= 0.3 is 0 Å². The summed E-state index contributed by atoms with van der Waals surface area (Å²) in [5.41, 5.74) is 1.53. The lowest BCUT2D eigenvalue weighted by Gasteiger charge is -2.41. The van der Waals surface area contributed by atoms with Crippen LogP contribution >= 0.6 is 0 Å². The van der Waals surface area contributed by atoms with E-state index < -0.39 is 0 Å². The number of hydrogen-bond acceptors (Lipinski definition) is 4. The van der Waals surface area contributed by atoms with E-state index in [1.165, 1.54) is 6.07 Å². The molecule has 2 aliphatic rings. The number of fused-ring (bicyclic) bond motifs is 1. The van der Waals surface area contributed by atoms with E-state index in [2.05, 4.69) is 11.0 Å². The van der Waals surface area contributed by atoms with E-state index in [9.17, 15) is 9.50 Å². The molecule has 0 unspecified atom stereocenters. The molecule has 0 atom stereocenters. The van der Waals surface area contributed by atoms with Crippen molar-refractivity contribution in [1.29, 1.82) is 0 Å². The van der Waals surface area contributed by atoms with Gasteiger partial charge in [-0.1, -0.05) is 24.3 Å². The lowest BCUT2D eigenvalue weighted by molar-refractivity contribution is -0.0156. The number of methoxy groups -OCH3 is 1. The van der Waals surface area contributed by atoms with Gasteiger partial charge in [0.25, 0.3) is 0 Å². The Hall–Kier alpha value is -2.11. The third-order valence-corrected chi connectivity index (χ3v) is 6.13. The summed E-state index contributed by atoms with van der Waals surface area (Å²) in [4.78, 5) is 2.29. The quantitative estimate of drug-likeness (QED) is 0.859. The molecule has 2 aromatic carbocycles. The van der Waals surface area contributed by atoms with E-state index >= 15 is 0 Å². The zero-order valence-electron chi connectivity index (χ0n) is 16.4. The van der Waals surface area contributed by atoms with Crippen molar-refractivity contribution in [3.63, 3.8) is 0 Å². The molecule has 150 valence electrons. The van der Waals surface area contributed by atoms with Gasteiger partial charge in [-0.3, -0.25) is 4.90 Å². The first-order chi connectivity index (χ1) is 13.6. The molecule has 0 bridgehead atoms. The molecular weight excluding hydrogens is 357 g/mol. The second kappa shape index (κ2) is 8.10. The van der Waals surface area contributed by atoms with E-state index in [0.29, 0.717) is 23.8 Å². The lowest BCUT2D eigenvalue weighted by Crippen LogP contribution is -2.48. The molecule has 1 N–H and O–H groups in total. The molecule has 0 amide bonds. The zero-order chi connectivity index (χ0) is 19.6. The molecule has 0 saturated heterocycles. The molecule has 1 aliphatic heterocycles. The minimum atomic E-state index is -0.277. The molecule has 2 aromatic rings. The van der Waals surface area contributed by atoms with Crippen LogP contribution in [0, 0.1) is 11.7 Å². The van der Waals surface area contributed by atoms with Crippen LogP contribution in [0.1, 0.15) is 36.8 Å². The van der Waals surface area contributed by atoms with E-state index in [0.717, 1.165) is 50.1 Å². The number of para-hydroxylation sites is 1. The van der Waals surface area contributed by atoms with Crippen LogP contribution in [0.5, 0.6) is 11.5 Å². The van der Waals surface area contributed by atoms with Gasteiger partial charge in [-0.25, -0.2) is 4.39 Å². The third kappa shape index (κ3) is 4.01. The monoisotopic (exact) mass is 385 g/mol. The van der Waals surface area contributed by atoms with Gasteiger partial charge in [0.1, 0.15) is 22.9 Å². The highest BCUT2D eigenvalue weighted by molar-refractivity contribution is 5.35. The van der Waals surface area contributed by atoms with Crippen LogP contribution < -0.4 is 9.47 Å². The Balaban J connectivity index is 1.60. The van der Waals surface area contributed by atoms with Crippen LogP contribution in [0.3, 0.4) is 0 Å². The summed E-state index contributed by atoms with van der Waals surface area (Å²) in [5, 5.41) is 9.51. The summed E-state index contributed by atoms with van der Waals surface area (Å²) in [6, 6.07) is 13.2. The van der Waals surface area contributed by atoms with Gasteiger partial charge in [0.15, 0.2) is 0 Å². The summed E-state index contributed by atoms with van der Waals surface area (Å²) >= 11 is 0. The predicted octanol–water partition coefficient (Wildman–Crippen LogP) is 4.15. The van der Waals surface area contributed by atoms with Gasteiger partial charge < -0.3 is 14.6 Å². The van der Waals surface area contributed by atoms with Crippen molar-refractivity contribution in [2.24, 2.45) is 5.92 Å². The maximum atomic E-state index is 14.6. The van der Waals surface area contributed by atoms with E-state index in [4.69, 9.17) is 9.47 Å². The van der Waals surface area contributed by atoms with E-state index in [1.54, 1.807) is 13.2 Å². The Kier molecular flexibility index (Phi) is 5.56. The van der Waals surface area contributed by atoms with Crippen molar-refractivity contribution >= 4 is 0 Å². The van der Waals surface area contributed by atoms with Crippen LogP contribution in [0.2, 0.25) is 0 Å². The predicted molar refractivity (Wildman–Crippen MR) is 106 cm³/mol.